The molecule has 0 aliphatic heterocycles. The van der Waals surface area contributed by atoms with E-state index in [9.17, 15) is 4.79 Å². The summed E-state index contributed by atoms with van der Waals surface area (Å²) >= 11 is 0. The Kier molecular flexibility index (Phi) is 5.86. The fourth-order valence-corrected chi connectivity index (χ4v) is 1.72. The van der Waals surface area contributed by atoms with E-state index in [-0.39, 0.29) is 5.91 Å². The Morgan fingerprint density at radius 2 is 1.89 bits per heavy atom. The maximum Gasteiger partial charge on any atom is 0.224 e. The summed E-state index contributed by atoms with van der Waals surface area (Å²) in [5, 5.41) is 6.19. The van der Waals surface area contributed by atoms with E-state index in [0.29, 0.717) is 19.0 Å². The van der Waals surface area contributed by atoms with Crippen LogP contribution in [0.2, 0.25) is 0 Å². The zero-order chi connectivity index (χ0) is 13.5. The first-order valence-corrected chi connectivity index (χ1v) is 6.55. The SMILES string of the molecule is Cc1ccc(CC(=O)NCCNC(C)C)cc1C. The van der Waals surface area contributed by atoms with Gasteiger partial charge < -0.3 is 10.6 Å². The minimum atomic E-state index is 0.0869. The summed E-state index contributed by atoms with van der Waals surface area (Å²) in [6, 6.07) is 6.63. The number of carbonyl (C=O) groups excluding carboxylic acids is 1. The number of carbonyl (C=O) groups is 1. The summed E-state index contributed by atoms with van der Waals surface area (Å²) in [6.45, 7) is 9.84. The second-order valence-corrected chi connectivity index (χ2v) is 5.05. The molecular weight excluding hydrogens is 224 g/mol. The van der Waals surface area contributed by atoms with Gasteiger partial charge in [0.1, 0.15) is 0 Å². The van der Waals surface area contributed by atoms with Crippen molar-refractivity contribution in [3.63, 3.8) is 0 Å². The van der Waals surface area contributed by atoms with E-state index < -0.39 is 0 Å². The van der Waals surface area contributed by atoms with Crippen molar-refractivity contribution in [2.24, 2.45) is 0 Å². The van der Waals surface area contributed by atoms with Gasteiger partial charge in [-0.2, -0.15) is 0 Å². The molecule has 0 aliphatic carbocycles. The number of aryl methyl sites for hydroxylation is 2. The van der Waals surface area contributed by atoms with Crippen LogP contribution < -0.4 is 10.6 Å². The van der Waals surface area contributed by atoms with Crippen molar-refractivity contribution in [2.75, 3.05) is 13.1 Å². The highest BCUT2D eigenvalue weighted by atomic mass is 16.1. The molecule has 0 heterocycles. The molecule has 100 valence electrons. The maximum absolute atomic E-state index is 11.7. The van der Waals surface area contributed by atoms with Gasteiger partial charge in [0.25, 0.3) is 0 Å². The van der Waals surface area contributed by atoms with Gasteiger partial charge in [-0.05, 0) is 30.5 Å². The first kappa shape index (κ1) is 14.7. The van der Waals surface area contributed by atoms with Crippen LogP contribution >= 0.6 is 0 Å². The monoisotopic (exact) mass is 248 g/mol. The quantitative estimate of drug-likeness (QED) is 0.756. The van der Waals surface area contributed by atoms with Crippen LogP contribution in [-0.4, -0.2) is 25.0 Å². The normalized spacial score (nSPS) is 10.7. The fourth-order valence-electron chi connectivity index (χ4n) is 1.72. The van der Waals surface area contributed by atoms with E-state index in [1.807, 2.05) is 6.07 Å². The van der Waals surface area contributed by atoms with E-state index in [0.717, 1.165) is 12.1 Å². The van der Waals surface area contributed by atoms with Gasteiger partial charge in [-0.1, -0.05) is 32.0 Å². The number of benzene rings is 1. The summed E-state index contributed by atoms with van der Waals surface area (Å²) in [5.41, 5.74) is 3.58. The molecule has 3 heteroatoms. The molecule has 3 nitrogen and oxygen atoms in total. The van der Waals surface area contributed by atoms with Crippen molar-refractivity contribution in [1.82, 2.24) is 10.6 Å². The van der Waals surface area contributed by atoms with Crippen molar-refractivity contribution in [1.29, 1.82) is 0 Å². The fraction of sp³-hybridized carbons (Fsp3) is 0.533. The molecule has 0 saturated carbocycles. The molecule has 1 aromatic carbocycles. The van der Waals surface area contributed by atoms with Gasteiger partial charge in [0.2, 0.25) is 5.91 Å². The highest BCUT2D eigenvalue weighted by Crippen LogP contribution is 2.10. The van der Waals surface area contributed by atoms with Crippen LogP contribution in [0.5, 0.6) is 0 Å². The minimum Gasteiger partial charge on any atom is -0.355 e. The molecule has 1 rings (SSSR count). The topological polar surface area (TPSA) is 41.1 Å². The second kappa shape index (κ2) is 7.17. The van der Waals surface area contributed by atoms with Crippen LogP contribution in [0.3, 0.4) is 0 Å². The van der Waals surface area contributed by atoms with Gasteiger partial charge in [-0.25, -0.2) is 0 Å². The Labute approximate surface area is 110 Å². The van der Waals surface area contributed by atoms with E-state index in [1.165, 1.54) is 11.1 Å². The first-order chi connectivity index (χ1) is 8.49. The Morgan fingerprint density at radius 3 is 2.50 bits per heavy atom. The van der Waals surface area contributed by atoms with E-state index in [4.69, 9.17) is 0 Å². The van der Waals surface area contributed by atoms with Crippen LogP contribution in [0.1, 0.15) is 30.5 Å². The molecule has 0 fully saturated rings. The lowest BCUT2D eigenvalue weighted by Crippen LogP contribution is -2.35. The second-order valence-electron chi connectivity index (χ2n) is 5.05. The zero-order valence-corrected chi connectivity index (χ0v) is 11.8. The molecule has 18 heavy (non-hydrogen) atoms. The van der Waals surface area contributed by atoms with Gasteiger partial charge in [0.15, 0.2) is 0 Å². The number of amides is 1. The van der Waals surface area contributed by atoms with Crippen molar-refractivity contribution < 1.29 is 4.79 Å². The summed E-state index contributed by atoms with van der Waals surface area (Å²) in [5.74, 6) is 0.0869. The van der Waals surface area contributed by atoms with Gasteiger partial charge >= 0.3 is 0 Å². The number of nitrogens with one attached hydrogen (secondary N) is 2. The summed E-state index contributed by atoms with van der Waals surface area (Å²) in [7, 11) is 0. The summed E-state index contributed by atoms with van der Waals surface area (Å²) in [6.07, 6.45) is 0.461. The maximum atomic E-state index is 11.7. The third-order valence-electron chi connectivity index (χ3n) is 2.94. The lowest BCUT2D eigenvalue weighted by Gasteiger charge is -2.09. The van der Waals surface area contributed by atoms with Crippen molar-refractivity contribution >= 4 is 5.91 Å². The van der Waals surface area contributed by atoms with Crippen LogP contribution in [-0.2, 0) is 11.2 Å². The summed E-state index contributed by atoms with van der Waals surface area (Å²) < 4.78 is 0. The van der Waals surface area contributed by atoms with Crippen LogP contribution in [0.25, 0.3) is 0 Å². The Hall–Kier alpha value is -1.35. The average molecular weight is 248 g/mol. The molecule has 0 aromatic heterocycles. The Bertz CT molecular complexity index is 399. The number of rotatable bonds is 6. The number of hydrogen-bond acceptors (Lipinski definition) is 2. The molecule has 0 aliphatic rings. The molecule has 1 aromatic rings. The van der Waals surface area contributed by atoms with Crippen molar-refractivity contribution in [3.05, 3.63) is 34.9 Å². The van der Waals surface area contributed by atoms with Gasteiger partial charge in [0, 0.05) is 19.1 Å². The van der Waals surface area contributed by atoms with Gasteiger partial charge in [-0.15, -0.1) is 0 Å². The zero-order valence-electron chi connectivity index (χ0n) is 11.8. The average Bonchev–Trinajstić information content (AvgIpc) is 2.29. The molecular formula is C15H24N2O. The summed E-state index contributed by atoms with van der Waals surface area (Å²) in [4.78, 5) is 11.7. The first-order valence-electron chi connectivity index (χ1n) is 6.55. The lowest BCUT2D eigenvalue weighted by atomic mass is 10.0. The van der Waals surface area contributed by atoms with Crippen LogP contribution in [0.4, 0.5) is 0 Å². The molecule has 0 saturated heterocycles. The van der Waals surface area contributed by atoms with Crippen molar-refractivity contribution in [3.8, 4) is 0 Å². The molecule has 0 bridgehead atoms. The van der Waals surface area contributed by atoms with Crippen molar-refractivity contribution in [2.45, 2.75) is 40.2 Å². The van der Waals surface area contributed by atoms with E-state index in [2.05, 4.69) is 50.5 Å². The molecule has 0 radical (unpaired) electrons. The predicted molar refractivity (Wildman–Crippen MR) is 75.8 cm³/mol. The lowest BCUT2D eigenvalue weighted by molar-refractivity contribution is -0.120. The smallest absolute Gasteiger partial charge is 0.224 e. The molecule has 1 amide bonds. The minimum absolute atomic E-state index is 0.0869. The Morgan fingerprint density at radius 1 is 1.17 bits per heavy atom. The third kappa shape index (κ3) is 5.32. The molecule has 0 spiro atoms. The molecule has 0 unspecified atom stereocenters. The highest BCUT2D eigenvalue weighted by molar-refractivity contribution is 5.78. The van der Waals surface area contributed by atoms with E-state index in [1.54, 1.807) is 0 Å². The van der Waals surface area contributed by atoms with Crippen LogP contribution in [0, 0.1) is 13.8 Å². The molecule has 0 atom stereocenters. The van der Waals surface area contributed by atoms with Gasteiger partial charge in [0.05, 0.1) is 6.42 Å². The Balaban J connectivity index is 2.33. The van der Waals surface area contributed by atoms with Gasteiger partial charge in [-0.3, -0.25) is 4.79 Å². The number of hydrogen-bond donors (Lipinski definition) is 2. The van der Waals surface area contributed by atoms with Crippen LogP contribution in [0.15, 0.2) is 18.2 Å². The standard InChI is InChI=1S/C15H24N2O/c1-11(2)16-7-8-17-15(18)10-14-6-5-12(3)13(4)9-14/h5-6,9,11,16H,7-8,10H2,1-4H3,(H,17,18). The highest BCUT2D eigenvalue weighted by Gasteiger charge is 2.03. The largest absolute Gasteiger partial charge is 0.355 e. The molecule has 2 N–H and O–H groups in total. The van der Waals surface area contributed by atoms with E-state index >= 15 is 0 Å². The third-order valence-corrected chi connectivity index (χ3v) is 2.94. The predicted octanol–water partition coefficient (Wildman–Crippen LogP) is 1.96.